The molecule has 4 rings (SSSR count). The van der Waals surface area contributed by atoms with Crippen LogP contribution in [-0.4, -0.2) is 32.9 Å². The third kappa shape index (κ3) is 4.96. The Kier molecular flexibility index (Phi) is 6.06. The maximum Gasteiger partial charge on any atom is 0.255 e. The molecule has 7 nitrogen and oxygen atoms in total. The number of nitrogens with zero attached hydrogens (tertiary/aromatic N) is 2. The van der Waals surface area contributed by atoms with Crippen LogP contribution in [0.4, 0.5) is 10.3 Å². The molecule has 1 amide bonds. The lowest BCUT2D eigenvalue weighted by Crippen LogP contribution is -2.39. The number of carbonyl (C=O) groups excluding carboxylic acids is 1. The summed E-state index contributed by atoms with van der Waals surface area (Å²) in [4.78, 5) is 34.5. The SMILES string of the molecule is CC(=O)NC1CCC(Nc2ncc(F)c(-c3cccc(-c4ccc[nH]c4=O)c3)n2)CC1. The van der Waals surface area contributed by atoms with Crippen LogP contribution in [0, 0.1) is 5.82 Å². The third-order valence-corrected chi connectivity index (χ3v) is 5.48. The first kappa shape index (κ1) is 20.7. The van der Waals surface area contributed by atoms with Gasteiger partial charge in [-0.3, -0.25) is 9.59 Å². The van der Waals surface area contributed by atoms with Crippen molar-refractivity contribution >= 4 is 11.9 Å². The van der Waals surface area contributed by atoms with Gasteiger partial charge in [0.15, 0.2) is 5.82 Å². The van der Waals surface area contributed by atoms with Crippen LogP contribution in [0.1, 0.15) is 32.6 Å². The molecule has 0 spiro atoms. The molecule has 0 aliphatic heterocycles. The number of aromatic nitrogens is 3. The van der Waals surface area contributed by atoms with Crippen LogP contribution in [0.15, 0.2) is 53.6 Å². The number of hydrogen-bond acceptors (Lipinski definition) is 5. The number of nitrogens with one attached hydrogen (secondary N) is 3. The normalized spacial score (nSPS) is 18.4. The minimum absolute atomic E-state index is 0.0114. The molecule has 3 aromatic rings. The molecule has 0 atom stereocenters. The fraction of sp³-hybridized carbons (Fsp3) is 0.304. The van der Waals surface area contributed by atoms with Crippen molar-refractivity contribution in [2.24, 2.45) is 0 Å². The molecule has 1 aliphatic carbocycles. The van der Waals surface area contributed by atoms with Gasteiger partial charge in [0.2, 0.25) is 11.9 Å². The lowest BCUT2D eigenvalue weighted by Gasteiger charge is -2.29. The zero-order valence-electron chi connectivity index (χ0n) is 17.2. The Balaban J connectivity index is 1.53. The average Bonchev–Trinajstić information content (AvgIpc) is 2.76. The molecule has 0 saturated heterocycles. The maximum absolute atomic E-state index is 14.6. The molecule has 2 heterocycles. The molecule has 1 aliphatic rings. The summed E-state index contributed by atoms with van der Waals surface area (Å²) in [6.45, 7) is 1.53. The molecule has 0 unspecified atom stereocenters. The highest BCUT2D eigenvalue weighted by Crippen LogP contribution is 2.27. The van der Waals surface area contributed by atoms with Crippen LogP contribution < -0.4 is 16.2 Å². The molecule has 31 heavy (non-hydrogen) atoms. The van der Waals surface area contributed by atoms with E-state index in [0.29, 0.717) is 22.6 Å². The van der Waals surface area contributed by atoms with Crippen molar-refractivity contribution in [2.75, 3.05) is 5.32 Å². The van der Waals surface area contributed by atoms with Crippen LogP contribution in [-0.2, 0) is 4.79 Å². The molecular weight excluding hydrogens is 397 g/mol. The number of aromatic amines is 1. The van der Waals surface area contributed by atoms with E-state index in [1.807, 2.05) is 0 Å². The summed E-state index contributed by atoms with van der Waals surface area (Å²) in [6.07, 6.45) is 6.22. The smallest absolute Gasteiger partial charge is 0.255 e. The molecular formula is C23H24FN5O2. The quantitative estimate of drug-likeness (QED) is 0.586. The second-order valence-corrected chi connectivity index (χ2v) is 7.78. The molecule has 160 valence electrons. The van der Waals surface area contributed by atoms with Gasteiger partial charge in [0, 0.05) is 36.3 Å². The van der Waals surface area contributed by atoms with Gasteiger partial charge in [-0.05, 0) is 49.4 Å². The van der Waals surface area contributed by atoms with Crippen molar-refractivity contribution in [3.8, 4) is 22.4 Å². The minimum atomic E-state index is -0.529. The van der Waals surface area contributed by atoms with Crippen molar-refractivity contribution < 1.29 is 9.18 Å². The number of carbonyl (C=O) groups is 1. The Morgan fingerprint density at radius 2 is 1.84 bits per heavy atom. The number of rotatable bonds is 5. The third-order valence-electron chi connectivity index (χ3n) is 5.48. The number of amides is 1. The zero-order chi connectivity index (χ0) is 21.8. The van der Waals surface area contributed by atoms with E-state index in [2.05, 4.69) is 25.6 Å². The van der Waals surface area contributed by atoms with E-state index in [-0.39, 0.29) is 29.2 Å². The first-order valence-corrected chi connectivity index (χ1v) is 10.3. The molecule has 2 aromatic heterocycles. The van der Waals surface area contributed by atoms with Gasteiger partial charge >= 0.3 is 0 Å². The summed E-state index contributed by atoms with van der Waals surface area (Å²) in [5, 5.41) is 6.25. The summed E-state index contributed by atoms with van der Waals surface area (Å²) < 4.78 is 14.6. The number of hydrogen-bond donors (Lipinski definition) is 3. The number of anilines is 1. The fourth-order valence-electron chi connectivity index (χ4n) is 3.97. The molecule has 0 bridgehead atoms. The van der Waals surface area contributed by atoms with Crippen molar-refractivity contribution in [3.05, 3.63) is 65.0 Å². The highest BCUT2D eigenvalue weighted by molar-refractivity contribution is 5.73. The number of benzene rings is 1. The predicted octanol–water partition coefficient (Wildman–Crippen LogP) is 3.50. The molecule has 3 N–H and O–H groups in total. The lowest BCUT2D eigenvalue weighted by atomic mass is 9.91. The monoisotopic (exact) mass is 421 g/mol. The standard InChI is InChI=1S/C23H24FN5O2/c1-14(30)27-17-7-9-18(10-8-17)28-23-26-13-20(24)21(29-23)16-5-2-4-15(12-16)19-6-3-11-25-22(19)31/h2-6,11-13,17-18H,7-10H2,1H3,(H,25,31)(H,27,30)(H,26,28,29). The van der Waals surface area contributed by atoms with Crippen LogP contribution in [0.25, 0.3) is 22.4 Å². The van der Waals surface area contributed by atoms with E-state index in [1.54, 1.807) is 42.6 Å². The minimum Gasteiger partial charge on any atom is -0.354 e. The van der Waals surface area contributed by atoms with Crippen LogP contribution >= 0.6 is 0 Å². The summed E-state index contributed by atoms with van der Waals surface area (Å²) in [5.41, 5.74) is 1.73. The second-order valence-electron chi connectivity index (χ2n) is 7.78. The first-order chi connectivity index (χ1) is 15.0. The van der Waals surface area contributed by atoms with E-state index in [4.69, 9.17) is 0 Å². The lowest BCUT2D eigenvalue weighted by molar-refractivity contribution is -0.119. The maximum atomic E-state index is 14.6. The Labute approximate surface area is 179 Å². The Bertz CT molecular complexity index is 1140. The van der Waals surface area contributed by atoms with Crippen LogP contribution in [0.5, 0.6) is 0 Å². The summed E-state index contributed by atoms with van der Waals surface area (Å²) in [5.74, 6) is -0.177. The highest BCUT2D eigenvalue weighted by atomic mass is 19.1. The molecule has 8 heteroatoms. The Hall–Kier alpha value is -3.55. The van der Waals surface area contributed by atoms with Crippen LogP contribution in [0.2, 0.25) is 0 Å². The van der Waals surface area contributed by atoms with Crippen LogP contribution in [0.3, 0.4) is 0 Å². The van der Waals surface area contributed by atoms with Gasteiger partial charge < -0.3 is 15.6 Å². The number of halogens is 1. The molecule has 1 aromatic carbocycles. The molecule has 1 fully saturated rings. The van der Waals surface area contributed by atoms with Gasteiger partial charge in [-0.25, -0.2) is 14.4 Å². The second kappa shape index (κ2) is 9.07. The summed E-state index contributed by atoms with van der Waals surface area (Å²) in [6, 6.07) is 10.9. The van der Waals surface area contributed by atoms with E-state index in [0.717, 1.165) is 31.9 Å². The van der Waals surface area contributed by atoms with Gasteiger partial charge in [-0.1, -0.05) is 18.2 Å². The molecule has 1 saturated carbocycles. The van der Waals surface area contributed by atoms with Gasteiger partial charge in [-0.2, -0.15) is 0 Å². The van der Waals surface area contributed by atoms with Crippen molar-refractivity contribution in [1.82, 2.24) is 20.3 Å². The van der Waals surface area contributed by atoms with Crippen molar-refractivity contribution in [1.29, 1.82) is 0 Å². The number of H-pyrrole nitrogens is 1. The van der Waals surface area contributed by atoms with Crippen molar-refractivity contribution in [3.63, 3.8) is 0 Å². The molecule has 0 radical (unpaired) electrons. The van der Waals surface area contributed by atoms with Gasteiger partial charge in [0.25, 0.3) is 5.56 Å². The van der Waals surface area contributed by atoms with E-state index in [1.165, 1.54) is 6.92 Å². The van der Waals surface area contributed by atoms with Gasteiger partial charge in [-0.15, -0.1) is 0 Å². The van der Waals surface area contributed by atoms with E-state index in [9.17, 15) is 14.0 Å². The van der Waals surface area contributed by atoms with E-state index < -0.39 is 5.82 Å². The predicted molar refractivity (Wildman–Crippen MR) is 117 cm³/mol. The van der Waals surface area contributed by atoms with Gasteiger partial charge in [0.1, 0.15) is 5.69 Å². The Morgan fingerprint density at radius 1 is 1.10 bits per heavy atom. The highest BCUT2D eigenvalue weighted by Gasteiger charge is 2.22. The fourth-order valence-corrected chi connectivity index (χ4v) is 3.97. The zero-order valence-corrected chi connectivity index (χ0v) is 17.2. The Morgan fingerprint density at radius 3 is 2.58 bits per heavy atom. The largest absolute Gasteiger partial charge is 0.354 e. The average molecular weight is 421 g/mol. The first-order valence-electron chi connectivity index (χ1n) is 10.3. The van der Waals surface area contributed by atoms with Gasteiger partial charge in [0.05, 0.1) is 6.20 Å². The van der Waals surface area contributed by atoms with Crippen molar-refractivity contribution in [2.45, 2.75) is 44.7 Å². The summed E-state index contributed by atoms with van der Waals surface area (Å²) >= 11 is 0. The summed E-state index contributed by atoms with van der Waals surface area (Å²) in [7, 11) is 0. The van der Waals surface area contributed by atoms with E-state index >= 15 is 0 Å². The topological polar surface area (TPSA) is 99.8 Å². The number of pyridine rings is 1.